The third-order valence-electron chi connectivity index (χ3n) is 2.81. The van der Waals surface area contributed by atoms with E-state index in [-0.39, 0.29) is 18.6 Å². The van der Waals surface area contributed by atoms with Gasteiger partial charge in [-0.1, -0.05) is 0 Å². The lowest BCUT2D eigenvalue weighted by Crippen LogP contribution is -2.42. The molecule has 1 aliphatic rings. The van der Waals surface area contributed by atoms with E-state index in [1.807, 2.05) is 4.98 Å². The van der Waals surface area contributed by atoms with Crippen molar-refractivity contribution in [2.24, 2.45) is 0 Å². The Labute approximate surface area is 95.7 Å². The number of halogens is 1. The highest BCUT2D eigenvalue weighted by molar-refractivity contribution is 5.02. The van der Waals surface area contributed by atoms with Gasteiger partial charge < -0.3 is 9.84 Å². The zero-order valence-electron chi connectivity index (χ0n) is 9.27. The fourth-order valence-corrected chi connectivity index (χ4v) is 1.83. The highest BCUT2D eigenvalue weighted by Crippen LogP contribution is 2.34. The van der Waals surface area contributed by atoms with Gasteiger partial charge in [0.15, 0.2) is 0 Å². The first-order valence-corrected chi connectivity index (χ1v) is 5.27. The molecule has 0 amide bonds. The van der Waals surface area contributed by atoms with E-state index in [9.17, 15) is 14.0 Å². The second-order valence-electron chi connectivity index (χ2n) is 4.09. The van der Waals surface area contributed by atoms with E-state index in [0.717, 1.165) is 10.8 Å². The van der Waals surface area contributed by atoms with Gasteiger partial charge in [-0.15, -0.1) is 0 Å². The predicted octanol–water partition coefficient (Wildman–Crippen LogP) is -0.404. The summed E-state index contributed by atoms with van der Waals surface area (Å²) in [6.45, 7) is 1.17. The van der Waals surface area contributed by atoms with E-state index in [1.54, 1.807) is 0 Å². The van der Waals surface area contributed by atoms with E-state index < -0.39 is 23.3 Å². The van der Waals surface area contributed by atoms with E-state index in [0.29, 0.717) is 6.42 Å². The number of hydrogen-bond acceptors (Lipinski definition) is 4. The van der Waals surface area contributed by atoms with E-state index >= 15 is 0 Å². The fraction of sp³-hybridized carbons (Fsp3) is 0.600. The Hall–Kier alpha value is -1.47. The van der Waals surface area contributed by atoms with Gasteiger partial charge in [0.25, 0.3) is 11.5 Å². The van der Waals surface area contributed by atoms with Crippen LogP contribution in [0.2, 0.25) is 0 Å². The molecule has 6 nitrogen and oxygen atoms in total. The Morgan fingerprint density at radius 3 is 3.00 bits per heavy atom. The number of nitrogens with one attached hydrogen (secondary N) is 1. The number of aliphatic hydroxyl groups is 1. The number of ether oxygens (including phenoxy) is 1. The molecule has 2 heterocycles. The summed E-state index contributed by atoms with van der Waals surface area (Å²) in [4.78, 5) is 24.7. The minimum Gasteiger partial charge on any atom is -0.394 e. The summed E-state index contributed by atoms with van der Waals surface area (Å²) in [7, 11) is 0. The number of H-pyrrole nitrogens is 1. The second kappa shape index (κ2) is 4.08. The normalized spacial score (nSPS) is 28.5. The predicted molar refractivity (Wildman–Crippen MR) is 56.3 cm³/mol. The van der Waals surface area contributed by atoms with Crippen LogP contribution in [0.1, 0.15) is 18.4 Å². The molecule has 0 radical (unpaired) electrons. The van der Waals surface area contributed by atoms with Crippen LogP contribution in [0.4, 0.5) is 4.39 Å². The monoisotopic (exact) mass is 244 g/mol. The maximum absolute atomic E-state index is 14.4. The molecule has 7 heteroatoms. The van der Waals surface area contributed by atoms with Gasteiger partial charge in [0.05, 0.1) is 12.7 Å². The van der Waals surface area contributed by atoms with Crippen molar-refractivity contribution in [3.8, 4) is 0 Å². The van der Waals surface area contributed by atoms with Crippen molar-refractivity contribution in [2.75, 3.05) is 6.61 Å². The van der Waals surface area contributed by atoms with Gasteiger partial charge in [0, 0.05) is 18.2 Å². The van der Waals surface area contributed by atoms with Gasteiger partial charge in [-0.05, 0) is 13.3 Å². The SMILES string of the molecule is Cc1cn(C2(F)CCC(CO)O2)c(=O)[nH]c1=O. The number of aliphatic hydroxyl groups excluding tert-OH is 1. The summed E-state index contributed by atoms with van der Waals surface area (Å²) in [6, 6.07) is 0. The Morgan fingerprint density at radius 1 is 1.71 bits per heavy atom. The molecule has 0 aromatic carbocycles. The third-order valence-corrected chi connectivity index (χ3v) is 2.81. The van der Waals surface area contributed by atoms with Crippen LogP contribution in [-0.2, 0) is 10.7 Å². The first-order valence-electron chi connectivity index (χ1n) is 5.27. The number of aromatic nitrogens is 2. The van der Waals surface area contributed by atoms with Crippen LogP contribution >= 0.6 is 0 Å². The first-order chi connectivity index (χ1) is 7.96. The summed E-state index contributed by atoms with van der Waals surface area (Å²) in [5.74, 6) is -2.29. The van der Waals surface area contributed by atoms with Crippen LogP contribution in [-0.4, -0.2) is 27.4 Å². The molecule has 2 rings (SSSR count). The number of aryl methyl sites for hydroxylation is 1. The van der Waals surface area contributed by atoms with Gasteiger partial charge in [0.2, 0.25) is 0 Å². The molecule has 1 fully saturated rings. The molecular weight excluding hydrogens is 231 g/mol. The summed E-state index contributed by atoms with van der Waals surface area (Å²) < 4.78 is 20.1. The molecule has 2 N–H and O–H groups in total. The first kappa shape index (κ1) is 12.0. The standard InChI is InChI=1S/C10H13FN2O4/c1-6-4-13(9(16)12-8(6)15)10(11)3-2-7(5-14)17-10/h4,7,14H,2-3,5H2,1H3,(H,12,15,16). The summed E-state index contributed by atoms with van der Waals surface area (Å²) in [5, 5.41) is 8.88. The lowest BCUT2D eigenvalue weighted by atomic mass is 10.2. The van der Waals surface area contributed by atoms with Gasteiger partial charge in [-0.3, -0.25) is 9.78 Å². The highest BCUT2D eigenvalue weighted by Gasteiger charge is 2.43. The van der Waals surface area contributed by atoms with Crippen molar-refractivity contribution in [2.45, 2.75) is 31.8 Å². The molecule has 1 aromatic heterocycles. The van der Waals surface area contributed by atoms with E-state index in [4.69, 9.17) is 9.84 Å². The molecular formula is C10H13FN2O4. The number of aromatic amines is 1. The second-order valence-corrected chi connectivity index (χ2v) is 4.09. The lowest BCUT2D eigenvalue weighted by Gasteiger charge is -2.22. The van der Waals surface area contributed by atoms with Crippen LogP contribution < -0.4 is 11.2 Å². The molecule has 0 bridgehead atoms. The number of hydrogen-bond donors (Lipinski definition) is 2. The molecule has 0 saturated carbocycles. The Balaban J connectivity index is 2.44. The lowest BCUT2D eigenvalue weighted by molar-refractivity contribution is -0.204. The molecule has 17 heavy (non-hydrogen) atoms. The van der Waals surface area contributed by atoms with Crippen molar-refractivity contribution in [1.82, 2.24) is 9.55 Å². The van der Waals surface area contributed by atoms with Gasteiger partial charge in [-0.2, -0.15) is 4.39 Å². The van der Waals surface area contributed by atoms with Crippen molar-refractivity contribution in [3.63, 3.8) is 0 Å². The van der Waals surface area contributed by atoms with Crippen LogP contribution in [0.5, 0.6) is 0 Å². The Morgan fingerprint density at radius 2 is 2.41 bits per heavy atom. The van der Waals surface area contributed by atoms with Crippen molar-refractivity contribution in [1.29, 1.82) is 0 Å². The maximum atomic E-state index is 14.4. The van der Waals surface area contributed by atoms with Crippen molar-refractivity contribution < 1.29 is 14.2 Å². The minimum absolute atomic E-state index is 0.0381. The van der Waals surface area contributed by atoms with Crippen LogP contribution in [0.3, 0.4) is 0 Å². The molecule has 0 aliphatic carbocycles. The van der Waals surface area contributed by atoms with Crippen molar-refractivity contribution >= 4 is 0 Å². The highest BCUT2D eigenvalue weighted by atomic mass is 19.2. The molecule has 0 spiro atoms. The van der Waals surface area contributed by atoms with Gasteiger partial charge >= 0.3 is 5.69 Å². The van der Waals surface area contributed by atoms with Crippen LogP contribution in [0.15, 0.2) is 15.8 Å². The number of alkyl halides is 1. The largest absolute Gasteiger partial charge is 0.394 e. The molecule has 2 atom stereocenters. The zero-order chi connectivity index (χ0) is 12.6. The molecule has 2 unspecified atom stereocenters. The quantitative estimate of drug-likeness (QED) is 0.741. The Kier molecular flexibility index (Phi) is 2.88. The maximum Gasteiger partial charge on any atom is 0.332 e. The number of nitrogens with zero attached hydrogens (tertiary/aromatic N) is 1. The summed E-state index contributed by atoms with van der Waals surface area (Å²) in [5.41, 5.74) is -1.19. The van der Waals surface area contributed by atoms with Crippen molar-refractivity contribution in [3.05, 3.63) is 32.6 Å². The zero-order valence-corrected chi connectivity index (χ0v) is 9.27. The van der Waals surface area contributed by atoms with Crippen LogP contribution in [0.25, 0.3) is 0 Å². The molecule has 1 aliphatic heterocycles. The summed E-state index contributed by atoms with van der Waals surface area (Å²) >= 11 is 0. The number of rotatable bonds is 2. The summed E-state index contributed by atoms with van der Waals surface area (Å²) in [6.07, 6.45) is 0.779. The smallest absolute Gasteiger partial charge is 0.332 e. The fourth-order valence-electron chi connectivity index (χ4n) is 1.83. The average molecular weight is 244 g/mol. The molecule has 1 aromatic rings. The van der Waals surface area contributed by atoms with Crippen LogP contribution in [0, 0.1) is 6.92 Å². The van der Waals surface area contributed by atoms with Gasteiger partial charge in [-0.25, -0.2) is 9.36 Å². The average Bonchev–Trinajstić information content (AvgIpc) is 2.66. The van der Waals surface area contributed by atoms with Gasteiger partial charge in [0.1, 0.15) is 0 Å². The van der Waals surface area contributed by atoms with E-state index in [2.05, 4.69) is 0 Å². The topological polar surface area (TPSA) is 84.3 Å². The molecule has 94 valence electrons. The molecule has 1 saturated heterocycles. The Bertz CT molecular complexity index is 538. The van der Waals surface area contributed by atoms with E-state index in [1.165, 1.54) is 6.92 Å². The third kappa shape index (κ3) is 2.03. The minimum atomic E-state index is -2.29.